The van der Waals surface area contributed by atoms with Gasteiger partial charge in [-0.05, 0) is 32.4 Å². The first-order chi connectivity index (χ1) is 9.74. The molecule has 0 bridgehead atoms. The van der Waals surface area contributed by atoms with Gasteiger partial charge >= 0.3 is 0 Å². The largest absolute Gasteiger partial charge is 0.307 e. The second-order valence-electron chi connectivity index (χ2n) is 4.82. The number of hydrogen-bond donors (Lipinski definition) is 1. The van der Waals surface area contributed by atoms with Crippen LogP contribution in [0.4, 0.5) is 0 Å². The van der Waals surface area contributed by atoms with Crippen molar-refractivity contribution < 1.29 is 0 Å². The van der Waals surface area contributed by atoms with Crippen LogP contribution in [0.25, 0.3) is 0 Å². The molecule has 0 aliphatic rings. The molecule has 2 aromatic heterocycles. The molecule has 0 spiro atoms. The predicted molar refractivity (Wildman–Crippen MR) is 77.2 cm³/mol. The van der Waals surface area contributed by atoms with E-state index < -0.39 is 0 Å². The summed E-state index contributed by atoms with van der Waals surface area (Å²) in [5.41, 5.74) is 1.07. The maximum absolute atomic E-state index is 4.44. The minimum absolute atomic E-state index is 0.0741. The number of aromatic nitrogens is 5. The Labute approximate surface area is 119 Å². The molecule has 0 aliphatic heterocycles. The highest BCUT2D eigenvalue weighted by Crippen LogP contribution is 2.13. The fourth-order valence-electron chi connectivity index (χ4n) is 2.05. The lowest BCUT2D eigenvalue weighted by Gasteiger charge is -2.17. The van der Waals surface area contributed by atoms with Crippen LogP contribution in [-0.2, 0) is 13.0 Å². The molecule has 0 aromatic carbocycles. The lowest BCUT2D eigenvalue weighted by atomic mass is 10.1. The van der Waals surface area contributed by atoms with Gasteiger partial charge in [-0.15, -0.1) is 0 Å². The van der Waals surface area contributed by atoms with Crippen molar-refractivity contribution in [2.75, 3.05) is 6.54 Å². The Morgan fingerprint density at radius 3 is 2.60 bits per heavy atom. The first kappa shape index (κ1) is 14.6. The van der Waals surface area contributed by atoms with E-state index in [9.17, 15) is 0 Å². The summed E-state index contributed by atoms with van der Waals surface area (Å²) < 4.78 is 1.91. The average molecular weight is 274 g/mol. The van der Waals surface area contributed by atoms with Crippen molar-refractivity contribution >= 4 is 0 Å². The normalized spacial score (nSPS) is 12.6. The van der Waals surface area contributed by atoms with Crippen molar-refractivity contribution in [3.05, 3.63) is 35.9 Å². The standard InChI is InChI=1S/C14H22N6/c1-4-6-15-12(14-16-8-11(3)9-17-14)7-13-18-10-19-20(13)5-2/h8-10,12,15H,4-7H2,1-3H3. The van der Waals surface area contributed by atoms with Gasteiger partial charge in [0.25, 0.3) is 0 Å². The first-order valence-corrected chi connectivity index (χ1v) is 7.13. The fraction of sp³-hybridized carbons (Fsp3) is 0.571. The number of nitrogens with zero attached hydrogens (tertiary/aromatic N) is 5. The summed E-state index contributed by atoms with van der Waals surface area (Å²) in [7, 11) is 0. The van der Waals surface area contributed by atoms with Crippen molar-refractivity contribution in [2.24, 2.45) is 0 Å². The van der Waals surface area contributed by atoms with Crippen molar-refractivity contribution in [3.63, 3.8) is 0 Å². The van der Waals surface area contributed by atoms with Gasteiger partial charge in [0.1, 0.15) is 18.0 Å². The molecule has 0 saturated carbocycles. The molecule has 0 fully saturated rings. The maximum Gasteiger partial charge on any atom is 0.145 e. The van der Waals surface area contributed by atoms with E-state index in [1.54, 1.807) is 6.33 Å². The molecule has 20 heavy (non-hydrogen) atoms. The molecule has 2 aromatic rings. The van der Waals surface area contributed by atoms with E-state index in [1.165, 1.54) is 0 Å². The fourth-order valence-corrected chi connectivity index (χ4v) is 2.05. The van der Waals surface area contributed by atoms with Crippen molar-refractivity contribution in [2.45, 2.75) is 46.2 Å². The molecule has 108 valence electrons. The molecule has 2 rings (SSSR count). The van der Waals surface area contributed by atoms with E-state index in [1.807, 2.05) is 24.0 Å². The minimum atomic E-state index is 0.0741. The van der Waals surface area contributed by atoms with Gasteiger partial charge in [0, 0.05) is 25.4 Å². The zero-order valence-corrected chi connectivity index (χ0v) is 12.4. The Hall–Kier alpha value is -1.82. The SMILES string of the molecule is CCCNC(Cc1ncnn1CC)c1ncc(C)cn1. The van der Waals surface area contributed by atoms with Gasteiger partial charge in [-0.3, -0.25) is 4.68 Å². The van der Waals surface area contributed by atoms with Crippen LogP contribution in [0.5, 0.6) is 0 Å². The van der Waals surface area contributed by atoms with Gasteiger partial charge in [0.05, 0.1) is 6.04 Å². The van der Waals surface area contributed by atoms with Crippen LogP contribution >= 0.6 is 0 Å². The Morgan fingerprint density at radius 1 is 1.20 bits per heavy atom. The Kier molecular flexibility index (Phi) is 5.17. The van der Waals surface area contributed by atoms with E-state index in [4.69, 9.17) is 0 Å². The van der Waals surface area contributed by atoms with Gasteiger partial charge in [0.2, 0.25) is 0 Å². The summed E-state index contributed by atoms with van der Waals surface area (Å²) in [6, 6.07) is 0.0741. The average Bonchev–Trinajstić information content (AvgIpc) is 2.91. The summed E-state index contributed by atoms with van der Waals surface area (Å²) in [4.78, 5) is 13.2. The lowest BCUT2D eigenvalue weighted by molar-refractivity contribution is 0.477. The number of aryl methyl sites for hydroxylation is 2. The van der Waals surface area contributed by atoms with Crippen LogP contribution in [0.1, 0.15) is 43.5 Å². The molecule has 1 unspecified atom stereocenters. The van der Waals surface area contributed by atoms with Crippen molar-refractivity contribution in [1.82, 2.24) is 30.0 Å². The molecule has 0 aliphatic carbocycles. The Morgan fingerprint density at radius 2 is 1.95 bits per heavy atom. The van der Waals surface area contributed by atoms with Crippen molar-refractivity contribution in [3.8, 4) is 0 Å². The zero-order valence-electron chi connectivity index (χ0n) is 12.4. The second-order valence-corrected chi connectivity index (χ2v) is 4.82. The quantitative estimate of drug-likeness (QED) is 0.832. The molecule has 0 radical (unpaired) electrons. The van der Waals surface area contributed by atoms with E-state index in [0.29, 0.717) is 0 Å². The maximum atomic E-state index is 4.44. The summed E-state index contributed by atoms with van der Waals surface area (Å²) in [5.74, 6) is 1.78. The highest BCUT2D eigenvalue weighted by molar-refractivity contribution is 5.06. The summed E-state index contributed by atoms with van der Waals surface area (Å²) in [5, 5.41) is 7.70. The van der Waals surface area contributed by atoms with Crippen LogP contribution in [0, 0.1) is 6.92 Å². The third-order valence-corrected chi connectivity index (χ3v) is 3.14. The van der Waals surface area contributed by atoms with Gasteiger partial charge in [-0.25, -0.2) is 15.0 Å². The summed E-state index contributed by atoms with van der Waals surface area (Å²) in [6.45, 7) is 7.96. The van der Waals surface area contributed by atoms with Crippen molar-refractivity contribution in [1.29, 1.82) is 0 Å². The molecule has 6 nitrogen and oxygen atoms in total. The van der Waals surface area contributed by atoms with E-state index >= 15 is 0 Å². The number of hydrogen-bond acceptors (Lipinski definition) is 5. The van der Waals surface area contributed by atoms with E-state index in [-0.39, 0.29) is 6.04 Å². The van der Waals surface area contributed by atoms with Crippen LogP contribution in [-0.4, -0.2) is 31.3 Å². The summed E-state index contributed by atoms with van der Waals surface area (Å²) in [6.07, 6.45) is 7.13. The third-order valence-electron chi connectivity index (χ3n) is 3.14. The Balaban J connectivity index is 2.17. The van der Waals surface area contributed by atoms with Crippen LogP contribution < -0.4 is 5.32 Å². The van der Waals surface area contributed by atoms with Gasteiger partial charge in [-0.2, -0.15) is 5.10 Å². The lowest BCUT2D eigenvalue weighted by Crippen LogP contribution is -2.27. The molecule has 0 saturated heterocycles. The van der Waals surface area contributed by atoms with Gasteiger partial charge < -0.3 is 5.32 Å². The Bertz CT molecular complexity index is 519. The van der Waals surface area contributed by atoms with Gasteiger partial charge in [0.15, 0.2) is 0 Å². The third kappa shape index (κ3) is 3.60. The number of rotatable bonds is 7. The first-order valence-electron chi connectivity index (χ1n) is 7.13. The minimum Gasteiger partial charge on any atom is -0.307 e. The predicted octanol–water partition coefficient (Wildman–Crippen LogP) is 1.68. The zero-order chi connectivity index (χ0) is 14.4. The number of nitrogens with one attached hydrogen (secondary N) is 1. The highest BCUT2D eigenvalue weighted by Gasteiger charge is 2.17. The van der Waals surface area contributed by atoms with E-state index in [0.717, 1.165) is 43.1 Å². The molecule has 2 heterocycles. The molecule has 1 atom stereocenters. The van der Waals surface area contributed by atoms with Gasteiger partial charge in [-0.1, -0.05) is 6.92 Å². The molecule has 6 heteroatoms. The molecular formula is C14H22N6. The molecular weight excluding hydrogens is 252 g/mol. The van der Waals surface area contributed by atoms with Crippen LogP contribution in [0.15, 0.2) is 18.7 Å². The second kappa shape index (κ2) is 7.09. The van der Waals surface area contributed by atoms with Crippen LogP contribution in [0.3, 0.4) is 0 Å². The van der Waals surface area contributed by atoms with Crippen LogP contribution in [0.2, 0.25) is 0 Å². The molecule has 1 N–H and O–H groups in total. The smallest absolute Gasteiger partial charge is 0.145 e. The summed E-state index contributed by atoms with van der Waals surface area (Å²) >= 11 is 0. The topological polar surface area (TPSA) is 68.5 Å². The van der Waals surface area contributed by atoms with E-state index in [2.05, 4.69) is 39.2 Å². The monoisotopic (exact) mass is 274 g/mol. The molecule has 0 amide bonds. The highest BCUT2D eigenvalue weighted by atomic mass is 15.3.